The smallest absolute Gasteiger partial charge is 0.305 e. The standard InChI is InChI=1S/C14H15NO2S/c16-14(17)6-8-15(10-12-7-9-18-11-12)13-4-2-1-3-5-13/h1-5,7,9,11H,6,8,10H2,(H,16,17). The van der Waals surface area contributed by atoms with E-state index in [0.29, 0.717) is 6.54 Å². The molecule has 0 aliphatic carbocycles. The van der Waals surface area contributed by atoms with Gasteiger partial charge in [-0.05, 0) is 34.5 Å². The van der Waals surface area contributed by atoms with Crippen LogP contribution < -0.4 is 4.90 Å². The summed E-state index contributed by atoms with van der Waals surface area (Å²) < 4.78 is 0. The number of aliphatic carboxylic acids is 1. The van der Waals surface area contributed by atoms with E-state index in [0.717, 1.165) is 12.2 Å². The molecular weight excluding hydrogens is 246 g/mol. The van der Waals surface area contributed by atoms with E-state index in [1.165, 1.54) is 5.56 Å². The highest BCUT2D eigenvalue weighted by Gasteiger charge is 2.09. The number of benzene rings is 1. The first kappa shape index (κ1) is 12.6. The van der Waals surface area contributed by atoms with Gasteiger partial charge in [0.1, 0.15) is 0 Å². The number of rotatable bonds is 6. The molecule has 0 amide bonds. The minimum absolute atomic E-state index is 0.152. The van der Waals surface area contributed by atoms with Crippen LogP contribution in [0.1, 0.15) is 12.0 Å². The summed E-state index contributed by atoms with van der Waals surface area (Å²) in [6, 6.07) is 12.0. The van der Waals surface area contributed by atoms with Crippen molar-refractivity contribution in [3.63, 3.8) is 0 Å². The van der Waals surface area contributed by atoms with Gasteiger partial charge in [-0.25, -0.2) is 0 Å². The number of thiophene rings is 1. The molecule has 1 aromatic heterocycles. The van der Waals surface area contributed by atoms with Gasteiger partial charge < -0.3 is 10.0 Å². The molecule has 0 bridgehead atoms. The molecule has 1 N–H and O–H groups in total. The highest BCUT2D eigenvalue weighted by molar-refractivity contribution is 7.07. The van der Waals surface area contributed by atoms with Crippen molar-refractivity contribution in [1.82, 2.24) is 0 Å². The van der Waals surface area contributed by atoms with Gasteiger partial charge in [-0.1, -0.05) is 18.2 Å². The molecule has 4 heteroatoms. The van der Waals surface area contributed by atoms with Crippen molar-refractivity contribution in [3.05, 3.63) is 52.7 Å². The first-order valence-electron chi connectivity index (χ1n) is 5.78. The van der Waals surface area contributed by atoms with Gasteiger partial charge in [-0.3, -0.25) is 4.79 Å². The number of hydrogen-bond donors (Lipinski definition) is 1. The zero-order chi connectivity index (χ0) is 12.8. The van der Waals surface area contributed by atoms with Crippen LogP contribution in [0.5, 0.6) is 0 Å². The molecule has 1 aromatic carbocycles. The van der Waals surface area contributed by atoms with Crippen molar-refractivity contribution in [1.29, 1.82) is 0 Å². The minimum Gasteiger partial charge on any atom is -0.481 e. The van der Waals surface area contributed by atoms with E-state index in [1.54, 1.807) is 11.3 Å². The summed E-state index contributed by atoms with van der Waals surface area (Å²) >= 11 is 1.66. The second-order valence-electron chi connectivity index (χ2n) is 4.03. The topological polar surface area (TPSA) is 40.5 Å². The van der Waals surface area contributed by atoms with Crippen LogP contribution in [0.15, 0.2) is 47.2 Å². The maximum atomic E-state index is 10.7. The summed E-state index contributed by atoms with van der Waals surface area (Å²) in [7, 11) is 0. The highest BCUT2D eigenvalue weighted by atomic mass is 32.1. The van der Waals surface area contributed by atoms with Crippen LogP contribution in [0, 0.1) is 0 Å². The Morgan fingerprint density at radius 1 is 1.22 bits per heavy atom. The molecule has 0 saturated carbocycles. The Balaban J connectivity index is 2.10. The van der Waals surface area contributed by atoms with Gasteiger partial charge in [-0.2, -0.15) is 11.3 Å². The number of carboxylic acid groups (broad SMARTS) is 1. The summed E-state index contributed by atoms with van der Waals surface area (Å²) in [6.07, 6.45) is 0.152. The fourth-order valence-corrected chi connectivity index (χ4v) is 2.43. The van der Waals surface area contributed by atoms with Gasteiger partial charge in [0.25, 0.3) is 0 Å². The van der Waals surface area contributed by atoms with Crippen LogP contribution in [-0.4, -0.2) is 17.6 Å². The lowest BCUT2D eigenvalue weighted by atomic mass is 10.2. The summed E-state index contributed by atoms with van der Waals surface area (Å²) in [4.78, 5) is 12.8. The molecule has 2 aromatic rings. The number of para-hydroxylation sites is 1. The molecule has 3 nitrogen and oxygen atoms in total. The Morgan fingerprint density at radius 3 is 2.61 bits per heavy atom. The molecule has 94 valence electrons. The largest absolute Gasteiger partial charge is 0.481 e. The van der Waals surface area contributed by atoms with Crippen LogP contribution in [0.3, 0.4) is 0 Å². The maximum Gasteiger partial charge on any atom is 0.305 e. The molecule has 0 spiro atoms. The second kappa shape index (κ2) is 6.21. The zero-order valence-electron chi connectivity index (χ0n) is 9.95. The summed E-state index contributed by atoms with van der Waals surface area (Å²) in [6.45, 7) is 1.27. The van der Waals surface area contributed by atoms with Crippen molar-refractivity contribution in [2.75, 3.05) is 11.4 Å². The van der Waals surface area contributed by atoms with Gasteiger partial charge in [0.05, 0.1) is 6.42 Å². The molecule has 0 aliphatic rings. The van der Waals surface area contributed by atoms with Gasteiger partial charge in [0, 0.05) is 18.8 Å². The normalized spacial score (nSPS) is 10.2. The van der Waals surface area contributed by atoms with E-state index in [2.05, 4.69) is 16.3 Å². The van der Waals surface area contributed by atoms with Crippen molar-refractivity contribution in [2.45, 2.75) is 13.0 Å². The molecule has 0 fully saturated rings. The van der Waals surface area contributed by atoms with Crippen molar-refractivity contribution in [2.24, 2.45) is 0 Å². The third-order valence-electron chi connectivity index (χ3n) is 2.67. The number of carbonyl (C=O) groups is 1. The SMILES string of the molecule is O=C(O)CCN(Cc1ccsc1)c1ccccc1. The number of hydrogen-bond acceptors (Lipinski definition) is 3. The van der Waals surface area contributed by atoms with Crippen LogP contribution in [0.2, 0.25) is 0 Å². The Morgan fingerprint density at radius 2 is 2.00 bits per heavy atom. The van der Waals surface area contributed by atoms with Crippen molar-refractivity contribution in [3.8, 4) is 0 Å². The van der Waals surface area contributed by atoms with E-state index in [9.17, 15) is 4.79 Å². The molecular formula is C14H15NO2S. The Kier molecular flexibility index (Phi) is 4.36. The zero-order valence-corrected chi connectivity index (χ0v) is 10.8. The second-order valence-corrected chi connectivity index (χ2v) is 4.81. The lowest BCUT2D eigenvalue weighted by Gasteiger charge is -2.23. The fraction of sp³-hybridized carbons (Fsp3) is 0.214. The molecule has 1 heterocycles. The average Bonchev–Trinajstić information content (AvgIpc) is 2.88. The lowest BCUT2D eigenvalue weighted by molar-refractivity contribution is -0.136. The quantitative estimate of drug-likeness (QED) is 0.868. The number of carboxylic acids is 1. The van der Waals surface area contributed by atoms with Crippen LogP contribution in [-0.2, 0) is 11.3 Å². The molecule has 0 aliphatic heterocycles. The third-order valence-corrected chi connectivity index (χ3v) is 3.40. The first-order valence-corrected chi connectivity index (χ1v) is 6.73. The first-order chi connectivity index (χ1) is 8.75. The molecule has 2 rings (SSSR count). The van der Waals surface area contributed by atoms with Gasteiger partial charge in [-0.15, -0.1) is 0 Å². The van der Waals surface area contributed by atoms with Crippen LogP contribution >= 0.6 is 11.3 Å². The number of anilines is 1. The van der Waals surface area contributed by atoms with E-state index in [-0.39, 0.29) is 6.42 Å². The van der Waals surface area contributed by atoms with E-state index in [1.807, 2.05) is 35.7 Å². The summed E-state index contributed by atoms with van der Waals surface area (Å²) in [5.74, 6) is -0.763. The van der Waals surface area contributed by atoms with Crippen LogP contribution in [0.4, 0.5) is 5.69 Å². The van der Waals surface area contributed by atoms with Gasteiger partial charge in [0.15, 0.2) is 0 Å². The molecule has 0 radical (unpaired) electrons. The Bertz CT molecular complexity index is 482. The van der Waals surface area contributed by atoms with E-state index in [4.69, 9.17) is 5.11 Å². The summed E-state index contributed by atoms with van der Waals surface area (Å²) in [5.41, 5.74) is 2.28. The lowest BCUT2D eigenvalue weighted by Crippen LogP contribution is -2.25. The highest BCUT2D eigenvalue weighted by Crippen LogP contribution is 2.18. The summed E-state index contributed by atoms with van der Waals surface area (Å²) in [5, 5.41) is 12.9. The predicted molar refractivity (Wildman–Crippen MR) is 74.1 cm³/mol. The Hall–Kier alpha value is -1.81. The average molecular weight is 261 g/mol. The van der Waals surface area contributed by atoms with E-state index >= 15 is 0 Å². The monoisotopic (exact) mass is 261 g/mol. The molecule has 0 atom stereocenters. The Labute approximate surface area is 110 Å². The molecule has 0 unspecified atom stereocenters. The maximum absolute atomic E-state index is 10.7. The molecule has 0 saturated heterocycles. The van der Waals surface area contributed by atoms with E-state index < -0.39 is 5.97 Å². The van der Waals surface area contributed by atoms with Gasteiger partial charge >= 0.3 is 5.97 Å². The van der Waals surface area contributed by atoms with Gasteiger partial charge in [0.2, 0.25) is 0 Å². The third kappa shape index (κ3) is 3.60. The minimum atomic E-state index is -0.763. The van der Waals surface area contributed by atoms with Crippen molar-refractivity contribution >= 4 is 23.0 Å². The van der Waals surface area contributed by atoms with Crippen molar-refractivity contribution < 1.29 is 9.90 Å². The van der Waals surface area contributed by atoms with Crippen LogP contribution in [0.25, 0.3) is 0 Å². The fourth-order valence-electron chi connectivity index (χ4n) is 1.77. The number of nitrogens with zero attached hydrogens (tertiary/aromatic N) is 1. The predicted octanol–water partition coefficient (Wildman–Crippen LogP) is 3.23. The molecule has 18 heavy (non-hydrogen) atoms.